The van der Waals surface area contributed by atoms with E-state index >= 15 is 0 Å². The van der Waals surface area contributed by atoms with Crippen LogP contribution >= 0.6 is 11.6 Å². The first-order valence-electron chi connectivity index (χ1n) is 10.5. The molecule has 3 aromatic rings. The molecule has 1 saturated heterocycles. The van der Waals surface area contributed by atoms with Crippen LogP contribution in [-0.2, 0) is 11.0 Å². The van der Waals surface area contributed by atoms with Gasteiger partial charge in [0.25, 0.3) is 5.91 Å². The van der Waals surface area contributed by atoms with Gasteiger partial charge in [-0.3, -0.25) is 9.78 Å². The fourth-order valence-corrected chi connectivity index (χ4v) is 5.41. The van der Waals surface area contributed by atoms with Gasteiger partial charge in [0.15, 0.2) is 0 Å². The Bertz CT molecular complexity index is 1110. The second-order valence-electron chi connectivity index (χ2n) is 7.95. The van der Waals surface area contributed by atoms with Gasteiger partial charge in [-0.25, -0.2) is 8.51 Å². The fraction of sp³-hybridized carbons (Fsp3) is 0.250. The molecule has 3 atom stereocenters. The number of pyridine rings is 1. The van der Waals surface area contributed by atoms with Crippen LogP contribution in [0.15, 0.2) is 71.8 Å². The first-order valence-corrected chi connectivity index (χ1v) is 11.9. The first kappa shape index (κ1) is 22.6. The molecule has 1 aliphatic heterocycles. The molecule has 1 fully saturated rings. The number of nitrogens with zero attached hydrogens (tertiary/aromatic N) is 2. The minimum absolute atomic E-state index is 0.249. The monoisotopic (exact) mass is 468 g/mol. The van der Waals surface area contributed by atoms with E-state index in [0.29, 0.717) is 34.3 Å². The third-order valence-corrected chi connectivity index (χ3v) is 7.01. The summed E-state index contributed by atoms with van der Waals surface area (Å²) in [5, 5.41) is 6.90. The van der Waals surface area contributed by atoms with E-state index in [0.717, 1.165) is 11.3 Å². The summed E-state index contributed by atoms with van der Waals surface area (Å²) in [7, 11) is -1.26. The van der Waals surface area contributed by atoms with E-state index in [1.165, 1.54) is 0 Å². The Morgan fingerprint density at radius 1 is 1.09 bits per heavy atom. The molecule has 0 bridgehead atoms. The molecule has 0 radical (unpaired) electrons. The van der Waals surface area contributed by atoms with Crippen LogP contribution in [0.3, 0.4) is 0 Å². The van der Waals surface area contributed by atoms with Crippen molar-refractivity contribution in [2.24, 2.45) is 0 Å². The fourth-order valence-electron chi connectivity index (χ4n) is 3.81. The second-order valence-corrected chi connectivity index (χ2v) is 9.85. The normalized spacial score (nSPS) is 20.0. The van der Waals surface area contributed by atoms with Crippen molar-refractivity contribution in [2.75, 3.05) is 18.4 Å². The number of amides is 1. The Hall–Kier alpha value is -2.58. The molecule has 8 heteroatoms. The molecule has 166 valence electrons. The number of halogens is 1. The third-order valence-electron chi connectivity index (χ3n) is 5.24. The number of nitrogens with one attached hydrogen (secondary N) is 2. The van der Waals surface area contributed by atoms with Crippen LogP contribution in [-0.4, -0.2) is 44.6 Å². The van der Waals surface area contributed by atoms with Crippen molar-refractivity contribution < 1.29 is 9.00 Å². The number of aromatic nitrogens is 1. The van der Waals surface area contributed by atoms with Gasteiger partial charge in [-0.05, 0) is 68.4 Å². The molecule has 2 aromatic carbocycles. The van der Waals surface area contributed by atoms with E-state index < -0.39 is 11.0 Å². The summed E-state index contributed by atoms with van der Waals surface area (Å²) < 4.78 is 14.9. The molecule has 6 nitrogen and oxygen atoms in total. The number of hydrogen-bond acceptors (Lipinski definition) is 4. The minimum Gasteiger partial charge on any atom is -0.322 e. The molecule has 4 rings (SSSR count). The number of piperazine rings is 1. The van der Waals surface area contributed by atoms with Gasteiger partial charge >= 0.3 is 0 Å². The van der Waals surface area contributed by atoms with E-state index in [1.807, 2.05) is 22.5 Å². The largest absolute Gasteiger partial charge is 0.322 e. The molecular formula is C24H25ClN4O2S. The summed E-state index contributed by atoms with van der Waals surface area (Å²) in [4.78, 5) is 17.8. The van der Waals surface area contributed by atoms with Gasteiger partial charge in [-0.2, -0.15) is 0 Å². The molecule has 32 heavy (non-hydrogen) atoms. The van der Waals surface area contributed by atoms with Gasteiger partial charge in [0.05, 0.1) is 15.6 Å². The highest BCUT2D eigenvalue weighted by atomic mass is 35.5. The van der Waals surface area contributed by atoms with Gasteiger partial charge < -0.3 is 10.6 Å². The van der Waals surface area contributed by atoms with Crippen molar-refractivity contribution in [2.45, 2.75) is 30.8 Å². The Labute approximate surface area is 195 Å². The zero-order valence-corrected chi connectivity index (χ0v) is 19.5. The summed E-state index contributed by atoms with van der Waals surface area (Å²) >= 11 is 6.32. The summed E-state index contributed by atoms with van der Waals surface area (Å²) in [5.41, 5.74) is 2.59. The number of carbonyl (C=O) groups is 1. The number of benzene rings is 2. The maximum Gasteiger partial charge on any atom is 0.255 e. The lowest BCUT2D eigenvalue weighted by Gasteiger charge is -2.34. The highest BCUT2D eigenvalue weighted by Crippen LogP contribution is 2.29. The van der Waals surface area contributed by atoms with Crippen LogP contribution in [0.1, 0.15) is 24.2 Å². The number of anilines is 1. The van der Waals surface area contributed by atoms with Crippen LogP contribution in [0, 0.1) is 0 Å². The third kappa shape index (κ3) is 5.24. The van der Waals surface area contributed by atoms with Crippen LogP contribution in [0.25, 0.3) is 11.3 Å². The summed E-state index contributed by atoms with van der Waals surface area (Å²) in [6.45, 7) is 5.61. The predicted octanol–water partition coefficient (Wildman–Crippen LogP) is 4.36. The van der Waals surface area contributed by atoms with Crippen LogP contribution in [0.5, 0.6) is 0 Å². The number of rotatable bonds is 5. The predicted molar refractivity (Wildman–Crippen MR) is 129 cm³/mol. The highest BCUT2D eigenvalue weighted by Gasteiger charge is 2.25. The zero-order valence-electron chi connectivity index (χ0n) is 17.9. The molecule has 0 aliphatic carbocycles. The molecular weight excluding hydrogens is 444 g/mol. The van der Waals surface area contributed by atoms with Crippen molar-refractivity contribution in [3.63, 3.8) is 0 Å². The molecule has 0 saturated carbocycles. The number of hydrogen-bond donors (Lipinski definition) is 2. The zero-order chi connectivity index (χ0) is 22.7. The van der Waals surface area contributed by atoms with Gasteiger partial charge in [-0.15, -0.1) is 0 Å². The molecule has 1 amide bonds. The molecule has 1 aromatic heterocycles. The summed E-state index contributed by atoms with van der Waals surface area (Å²) in [5.74, 6) is -0.249. The lowest BCUT2D eigenvalue weighted by molar-refractivity contribution is 0.102. The maximum absolute atomic E-state index is 13.0. The number of carbonyl (C=O) groups excluding carboxylic acids is 1. The molecule has 2 N–H and O–H groups in total. The maximum atomic E-state index is 13.0. The average molecular weight is 469 g/mol. The average Bonchev–Trinajstić information content (AvgIpc) is 2.80. The molecule has 3 unspecified atom stereocenters. The first-order chi connectivity index (χ1) is 15.4. The van der Waals surface area contributed by atoms with Gasteiger partial charge in [0.2, 0.25) is 0 Å². The van der Waals surface area contributed by atoms with Crippen molar-refractivity contribution in [1.29, 1.82) is 0 Å². The van der Waals surface area contributed by atoms with Crippen molar-refractivity contribution >= 4 is 34.2 Å². The quantitative estimate of drug-likeness (QED) is 0.583. The van der Waals surface area contributed by atoms with E-state index in [1.54, 1.807) is 48.7 Å². The minimum atomic E-state index is -1.26. The van der Waals surface area contributed by atoms with Gasteiger partial charge in [0.1, 0.15) is 11.0 Å². The Kier molecular flexibility index (Phi) is 7.01. The standard InChI is InChI=1S/C24H25ClN4O2S/c1-16-14-29(15-17(2)27-16)32(31)20-9-6-18(7-10-20)24(30)28-19-8-11-22(25)21(13-19)23-5-3-4-12-26-23/h3-13,16-17,27H,14-15H2,1-2H3,(H,28,30). The van der Waals surface area contributed by atoms with Crippen molar-refractivity contribution in [3.05, 3.63) is 77.4 Å². The molecule has 0 spiro atoms. The Morgan fingerprint density at radius 2 is 1.81 bits per heavy atom. The van der Waals surface area contributed by atoms with Crippen LogP contribution in [0.2, 0.25) is 5.02 Å². The summed E-state index contributed by atoms with van der Waals surface area (Å²) in [6.07, 6.45) is 1.70. The van der Waals surface area contributed by atoms with E-state index in [4.69, 9.17) is 11.6 Å². The molecule has 2 heterocycles. The lowest BCUT2D eigenvalue weighted by atomic mass is 10.1. The van der Waals surface area contributed by atoms with Gasteiger partial charge in [-0.1, -0.05) is 17.7 Å². The van der Waals surface area contributed by atoms with Crippen LogP contribution < -0.4 is 10.6 Å². The summed E-state index contributed by atoms with van der Waals surface area (Å²) in [6, 6.07) is 18.4. The van der Waals surface area contributed by atoms with Gasteiger partial charge in [0, 0.05) is 48.2 Å². The van der Waals surface area contributed by atoms with E-state index in [9.17, 15) is 9.00 Å². The topological polar surface area (TPSA) is 74.3 Å². The second kappa shape index (κ2) is 9.92. The Morgan fingerprint density at radius 3 is 2.47 bits per heavy atom. The SMILES string of the molecule is CC1CN(S(=O)c2ccc(C(=O)Nc3ccc(Cl)c(-c4ccccn4)c3)cc2)CC(C)N1. The molecule has 1 aliphatic rings. The van der Waals surface area contributed by atoms with Crippen LogP contribution in [0.4, 0.5) is 5.69 Å². The lowest BCUT2D eigenvalue weighted by Crippen LogP contribution is -2.54. The van der Waals surface area contributed by atoms with Crippen molar-refractivity contribution in [1.82, 2.24) is 14.6 Å². The smallest absolute Gasteiger partial charge is 0.255 e. The Balaban J connectivity index is 1.46. The van der Waals surface area contributed by atoms with E-state index in [-0.39, 0.29) is 18.0 Å². The highest BCUT2D eigenvalue weighted by molar-refractivity contribution is 7.82. The van der Waals surface area contributed by atoms with Crippen molar-refractivity contribution in [3.8, 4) is 11.3 Å². The van der Waals surface area contributed by atoms with E-state index in [2.05, 4.69) is 29.5 Å².